The third-order valence-electron chi connectivity index (χ3n) is 6.14. The molecule has 0 bridgehead atoms. The van der Waals surface area contributed by atoms with Crippen molar-refractivity contribution >= 4 is 5.78 Å². The van der Waals surface area contributed by atoms with Crippen LogP contribution in [0.25, 0.3) is 0 Å². The quantitative estimate of drug-likeness (QED) is 0.373. The van der Waals surface area contributed by atoms with Crippen LogP contribution in [0.1, 0.15) is 86.7 Å². The van der Waals surface area contributed by atoms with E-state index in [1.807, 2.05) is 59.8 Å². The summed E-state index contributed by atoms with van der Waals surface area (Å²) < 4.78 is 6.38. The highest BCUT2D eigenvalue weighted by Gasteiger charge is 2.36. The number of phenols is 3. The highest BCUT2D eigenvalue weighted by Crippen LogP contribution is 2.49. The van der Waals surface area contributed by atoms with Gasteiger partial charge in [0.2, 0.25) is 0 Å². The Bertz CT molecular complexity index is 1220. The van der Waals surface area contributed by atoms with Crippen LogP contribution in [0.5, 0.6) is 23.0 Å². The fraction of sp³-hybridized carbons (Fsp3) is 0.367. The van der Waals surface area contributed by atoms with Crippen molar-refractivity contribution in [1.29, 1.82) is 0 Å². The number of phenolic OH excluding ortho intramolecular Hbond substituents is 3. The lowest BCUT2D eigenvalue weighted by atomic mass is 9.87. The lowest BCUT2D eigenvalue weighted by Gasteiger charge is -2.30. The van der Waals surface area contributed by atoms with Gasteiger partial charge in [0.15, 0.2) is 5.78 Å². The Morgan fingerprint density at radius 2 is 1.43 bits per heavy atom. The maximum atomic E-state index is 13.4. The Labute approximate surface area is 208 Å². The van der Waals surface area contributed by atoms with Crippen molar-refractivity contribution in [3.05, 3.63) is 81.0 Å². The summed E-state index contributed by atoms with van der Waals surface area (Å²) in [6.07, 6.45) is 6.66. The molecule has 0 radical (unpaired) electrons. The Kier molecular flexibility index (Phi) is 8.11. The van der Waals surface area contributed by atoms with Gasteiger partial charge in [-0.25, -0.2) is 0 Å². The lowest BCUT2D eigenvalue weighted by Crippen LogP contribution is -2.23. The first kappa shape index (κ1) is 26.1. The van der Waals surface area contributed by atoms with Gasteiger partial charge in [-0.1, -0.05) is 41.0 Å². The molecule has 0 saturated heterocycles. The molecule has 5 heteroatoms. The average molecular weight is 477 g/mol. The fourth-order valence-electron chi connectivity index (χ4n) is 4.20. The molecule has 3 N–H and O–H groups in total. The minimum Gasteiger partial charge on any atom is -0.508 e. The number of rotatable bonds is 7. The van der Waals surface area contributed by atoms with Crippen molar-refractivity contribution < 1.29 is 24.9 Å². The Balaban J connectivity index is 2.17. The molecule has 35 heavy (non-hydrogen) atoms. The van der Waals surface area contributed by atoms with E-state index in [2.05, 4.69) is 6.08 Å². The van der Waals surface area contributed by atoms with Gasteiger partial charge in [-0.3, -0.25) is 4.79 Å². The molecule has 1 atom stereocenters. The summed E-state index contributed by atoms with van der Waals surface area (Å²) >= 11 is 0. The van der Waals surface area contributed by atoms with Gasteiger partial charge < -0.3 is 20.1 Å². The SMILES string of the molecule is CC(C)=CCc1ccc(O)cc1C1CC(=O)c2c(O)c(CC=C(C)C)c(O)c(CC=C(C)C)c2O1. The Hall–Kier alpha value is -3.47. The second kappa shape index (κ2) is 10.9. The monoisotopic (exact) mass is 476 g/mol. The largest absolute Gasteiger partial charge is 0.508 e. The second-order valence-electron chi connectivity index (χ2n) is 9.93. The van der Waals surface area contributed by atoms with Crippen LogP contribution in [0.4, 0.5) is 0 Å². The van der Waals surface area contributed by atoms with Crippen LogP contribution in [0, 0.1) is 0 Å². The van der Waals surface area contributed by atoms with Crippen LogP contribution in [0.2, 0.25) is 0 Å². The molecule has 3 rings (SSSR count). The minimum absolute atomic E-state index is 0.0286. The molecule has 0 saturated carbocycles. The molecular formula is C30H36O5. The molecule has 5 nitrogen and oxygen atoms in total. The van der Waals surface area contributed by atoms with Crippen LogP contribution in [0.3, 0.4) is 0 Å². The average Bonchev–Trinajstić information content (AvgIpc) is 2.77. The van der Waals surface area contributed by atoms with Gasteiger partial charge in [0, 0.05) is 11.1 Å². The Morgan fingerprint density at radius 3 is 2.03 bits per heavy atom. The maximum Gasteiger partial charge on any atom is 0.174 e. The third-order valence-corrected chi connectivity index (χ3v) is 6.14. The zero-order valence-electron chi connectivity index (χ0n) is 21.5. The summed E-state index contributed by atoms with van der Waals surface area (Å²) in [6.45, 7) is 11.8. The zero-order chi connectivity index (χ0) is 25.9. The number of benzene rings is 2. The van der Waals surface area contributed by atoms with Crippen molar-refractivity contribution in [3.8, 4) is 23.0 Å². The number of carbonyl (C=O) groups excluding carboxylic acids is 1. The number of Topliss-reactive ketones (excluding diaryl/α,β-unsaturated/α-hetero) is 1. The molecule has 1 aliphatic heterocycles. The molecule has 1 heterocycles. The van der Waals surface area contributed by atoms with E-state index in [-0.39, 0.29) is 40.8 Å². The summed E-state index contributed by atoms with van der Waals surface area (Å²) in [5.74, 6) is -0.209. The first-order valence-electron chi connectivity index (χ1n) is 12.0. The smallest absolute Gasteiger partial charge is 0.174 e. The topological polar surface area (TPSA) is 87.0 Å². The van der Waals surface area contributed by atoms with Crippen molar-refractivity contribution in [1.82, 2.24) is 0 Å². The predicted octanol–water partition coefficient (Wildman–Crippen LogP) is 7.04. The van der Waals surface area contributed by atoms with Gasteiger partial charge in [0.25, 0.3) is 0 Å². The molecule has 0 aromatic heterocycles. The van der Waals surface area contributed by atoms with Gasteiger partial charge in [-0.15, -0.1) is 0 Å². The molecule has 2 aromatic rings. The molecule has 0 aliphatic carbocycles. The number of carbonyl (C=O) groups is 1. The number of ketones is 1. The van der Waals surface area contributed by atoms with Gasteiger partial charge >= 0.3 is 0 Å². The van der Waals surface area contributed by atoms with E-state index in [0.717, 1.165) is 27.8 Å². The summed E-state index contributed by atoms with van der Waals surface area (Å²) in [5.41, 5.74) is 5.89. The molecule has 0 fully saturated rings. The van der Waals surface area contributed by atoms with E-state index >= 15 is 0 Å². The number of allylic oxidation sites excluding steroid dienone is 6. The minimum atomic E-state index is -0.643. The molecule has 0 spiro atoms. The van der Waals surface area contributed by atoms with E-state index in [1.54, 1.807) is 12.1 Å². The zero-order valence-corrected chi connectivity index (χ0v) is 21.5. The summed E-state index contributed by atoms with van der Waals surface area (Å²) in [5, 5.41) is 32.4. The highest BCUT2D eigenvalue weighted by molar-refractivity contribution is 6.04. The van der Waals surface area contributed by atoms with E-state index in [1.165, 1.54) is 0 Å². The van der Waals surface area contributed by atoms with Crippen LogP contribution < -0.4 is 4.74 Å². The van der Waals surface area contributed by atoms with Crippen molar-refractivity contribution in [3.63, 3.8) is 0 Å². The molecule has 0 amide bonds. The maximum absolute atomic E-state index is 13.4. The third kappa shape index (κ3) is 5.97. The summed E-state index contributed by atoms with van der Waals surface area (Å²) in [4.78, 5) is 13.4. The van der Waals surface area contributed by atoms with Crippen LogP contribution >= 0.6 is 0 Å². The van der Waals surface area contributed by atoms with Gasteiger partial charge in [0.05, 0.1) is 6.42 Å². The number of hydrogen-bond acceptors (Lipinski definition) is 5. The van der Waals surface area contributed by atoms with E-state index < -0.39 is 6.10 Å². The standard InChI is InChI=1S/C30H36O5/c1-17(2)7-10-20-11-12-21(31)15-24(20)26-16-25(32)27-29(34)22(13-8-18(3)4)28(33)23(30(27)35-26)14-9-19(5)6/h7-9,11-12,15,26,31,33-34H,10,13-14,16H2,1-6H3. The molecular weight excluding hydrogens is 440 g/mol. The van der Waals surface area contributed by atoms with Crippen LogP contribution in [0.15, 0.2) is 53.1 Å². The number of hydrogen-bond donors (Lipinski definition) is 3. The first-order chi connectivity index (χ1) is 16.5. The predicted molar refractivity (Wildman–Crippen MR) is 140 cm³/mol. The van der Waals surface area contributed by atoms with Crippen molar-refractivity contribution in [2.45, 2.75) is 73.3 Å². The van der Waals surface area contributed by atoms with Crippen molar-refractivity contribution in [2.24, 2.45) is 0 Å². The van der Waals surface area contributed by atoms with Gasteiger partial charge in [-0.2, -0.15) is 0 Å². The lowest BCUT2D eigenvalue weighted by molar-refractivity contribution is 0.0840. The summed E-state index contributed by atoms with van der Waals surface area (Å²) in [7, 11) is 0. The van der Waals surface area contributed by atoms with Gasteiger partial charge in [-0.05, 0) is 84.1 Å². The summed E-state index contributed by atoms with van der Waals surface area (Å²) in [6, 6.07) is 5.11. The molecule has 1 unspecified atom stereocenters. The fourth-order valence-corrected chi connectivity index (χ4v) is 4.20. The molecule has 1 aliphatic rings. The number of fused-ring (bicyclic) bond motifs is 1. The highest BCUT2D eigenvalue weighted by atomic mass is 16.5. The van der Waals surface area contributed by atoms with Gasteiger partial charge in [0.1, 0.15) is 34.7 Å². The molecule has 2 aromatic carbocycles. The van der Waals surface area contributed by atoms with E-state index in [9.17, 15) is 20.1 Å². The van der Waals surface area contributed by atoms with Crippen LogP contribution in [-0.2, 0) is 19.3 Å². The molecule has 186 valence electrons. The Morgan fingerprint density at radius 1 is 0.857 bits per heavy atom. The first-order valence-corrected chi connectivity index (χ1v) is 12.0. The normalized spacial score (nSPS) is 14.6. The second-order valence-corrected chi connectivity index (χ2v) is 9.93. The van der Waals surface area contributed by atoms with E-state index in [0.29, 0.717) is 30.4 Å². The number of aromatic hydroxyl groups is 3. The van der Waals surface area contributed by atoms with E-state index in [4.69, 9.17) is 4.74 Å². The number of ether oxygens (including phenoxy) is 1. The van der Waals surface area contributed by atoms with Crippen LogP contribution in [-0.4, -0.2) is 21.1 Å². The van der Waals surface area contributed by atoms with Crippen molar-refractivity contribution in [2.75, 3.05) is 0 Å².